The fourth-order valence-corrected chi connectivity index (χ4v) is 6.50. The second kappa shape index (κ2) is 10.5. The lowest BCUT2D eigenvalue weighted by Crippen LogP contribution is -2.49. The monoisotopic (exact) mass is 555 g/mol. The first-order chi connectivity index (χ1) is 17.2. The van der Waals surface area contributed by atoms with Crippen LogP contribution < -0.4 is 9.46 Å². The highest BCUT2D eigenvalue weighted by atomic mass is 35.5. The summed E-state index contributed by atoms with van der Waals surface area (Å²) in [5.74, 6) is -1.16. The van der Waals surface area contributed by atoms with Crippen LogP contribution in [-0.2, 0) is 16.8 Å². The number of carbonyl (C=O) groups is 1. The first kappa shape index (κ1) is 25.7. The van der Waals surface area contributed by atoms with Crippen molar-refractivity contribution in [3.05, 3.63) is 62.9 Å². The Kier molecular flexibility index (Phi) is 7.47. The van der Waals surface area contributed by atoms with Gasteiger partial charge in [-0.1, -0.05) is 23.2 Å². The molecular weight excluding hydrogens is 528 g/mol. The summed E-state index contributed by atoms with van der Waals surface area (Å²) < 4.78 is 49.1. The zero-order chi connectivity index (χ0) is 25.4. The van der Waals surface area contributed by atoms with Crippen molar-refractivity contribution in [2.75, 3.05) is 26.2 Å². The third kappa shape index (κ3) is 5.97. The molecule has 2 heterocycles. The molecule has 3 fully saturated rings. The highest BCUT2D eigenvalue weighted by molar-refractivity contribution is 7.87. The van der Waals surface area contributed by atoms with Crippen LogP contribution in [0.25, 0.3) is 0 Å². The largest absolute Gasteiger partial charge is 0.489 e. The van der Waals surface area contributed by atoms with E-state index in [9.17, 15) is 13.2 Å². The number of rotatable bonds is 8. The Morgan fingerprint density at radius 1 is 1.03 bits per heavy atom. The van der Waals surface area contributed by atoms with Crippen molar-refractivity contribution in [2.24, 2.45) is 0 Å². The minimum atomic E-state index is -3.96. The summed E-state index contributed by atoms with van der Waals surface area (Å²) >= 11 is 12.3. The smallest absolute Gasteiger partial charge is 0.304 e. The molecule has 3 aliphatic rings. The molecular formula is C25H28Cl2FN3O4S. The van der Waals surface area contributed by atoms with Crippen LogP contribution in [0.4, 0.5) is 4.39 Å². The van der Waals surface area contributed by atoms with Crippen molar-refractivity contribution < 1.29 is 22.3 Å². The van der Waals surface area contributed by atoms with Gasteiger partial charge in [0.25, 0.3) is 5.91 Å². The van der Waals surface area contributed by atoms with Gasteiger partial charge in [-0.15, -0.1) is 0 Å². The Labute approximate surface area is 220 Å². The number of likely N-dealkylation sites (tertiary alicyclic amines) is 1. The molecule has 36 heavy (non-hydrogen) atoms. The molecule has 2 aliphatic heterocycles. The first-order valence-electron chi connectivity index (χ1n) is 12.2. The zero-order valence-corrected chi connectivity index (χ0v) is 22.0. The van der Waals surface area contributed by atoms with Crippen LogP contribution in [-0.4, -0.2) is 55.8 Å². The topological polar surface area (TPSA) is 79.0 Å². The number of nitrogens with zero attached hydrogens (tertiary/aromatic N) is 2. The van der Waals surface area contributed by atoms with E-state index >= 15 is 4.39 Å². The maximum Gasteiger partial charge on any atom is 0.304 e. The number of ether oxygens (including phenoxy) is 1. The van der Waals surface area contributed by atoms with Gasteiger partial charge in [-0.05, 0) is 80.0 Å². The Balaban J connectivity index is 1.30. The number of halogens is 3. The third-order valence-electron chi connectivity index (χ3n) is 6.82. The quantitative estimate of drug-likeness (QED) is 0.509. The summed E-state index contributed by atoms with van der Waals surface area (Å²) in [5, 5.41) is 1.18. The fraction of sp³-hybridized carbons (Fsp3) is 0.480. The van der Waals surface area contributed by atoms with Gasteiger partial charge in [0.15, 0.2) is 0 Å². The molecule has 0 spiro atoms. The average molecular weight is 556 g/mol. The van der Waals surface area contributed by atoms with Gasteiger partial charge in [0.1, 0.15) is 17.7 Å². The molecule has 1 atom stereocenters. The van der Waals surface area contributed by atoms with Gasteiger partial charge < -0.3 is 4.74 Å². The van der Waals surface area contributed by atoms with E-state index in [-0.39, 0.29) is 17.6 Å². The molecule has 0 bridgehead atoms. The van der Waals surface area contributed by atoms with Crippen LogP contribution in [0.1, 0.15) is 59.5 Å². The maximum absolute atomic E-state index is 15.0. The fourth-order valence-electron chi connectivity index (χ4n) is 4.72. The molecule has 1 aliphatic carbocycles. The predicted octanol–water partition coefficient (Wildman–Crippen LogP) is 4.73. The lowest BCUT2D eigenvalue weighted by Gasteiger charge is -2.33. The number of carbonyl (C=O) groups excluding carboxylic acids is 1. The lowest BCUT2D eigenvalue weighted by molar-refractivity contribution is 0.0832. The summed E-state index contributed by atoms with van der Waals surface area (Å²) in [7, 11) is -3.96. The standard InChI is InChI=1S/C25H28Cl2FN3O4S/c26-18-9-16(10-19(27)11-18)14-30-6-1-3-20(15-30)35-24-13-23(28)22(12-21(24)17-4-5-17)25(32)29-36(33,34)31-7-2-8-31/h9-13,17,20H,1-8,14-15H2,(H,29,32). The van der Waals surface area contributed by atoms with Gasteiger partial charge in [0.05, 0.1) is 5.56 Å². The molecule has 2 saturated heterocycles. The molecule has 0 aromatic heterocycles. The highest BCUT2D eigenvalue weighted by Crippen LogP contribution is 2.45. The van der Waals surface area contributed by atoms with Crippen molar-refractivity contribution in [3.63, 3.8) is 0 Å². The first-order valence-corrected chi connectivity index (χ1v) is 14.4. The Morgan fingerprint density at radius 3 is 2.39 bits per heavy atom. The van der Waals surface area contributed by atoms with E-state index in [4.69, 9.17) is 27.9 Å². The van der Waals surface area contributed by atoms with Crippen molar-refractivity contribution in [1.82, 2.24) is 13.9 Å². The van der Waals surface area contributed by atoms with Crippen molar-refractivity contribution in [1.29, 1.82) is 0 Å². The van der Waals surface area contributed by atoms with Gasteiger partial charge in [0.2, 0.25) is 0 Å². The van der Waals surface area contributed by atoms with Crippen LogP contribution in [0.15, 0.2) is 30.3 Å². The minimum Gasteiger partial charge on any atom is -0.489 e. The van der Waals surface area contributed by atoms with Gasteiger partial charge >= 0.3 is 10.2 Å². The van der Waals surface area contributed by atoms with E-state index in [1.54, 1.807) is 6.07 Å². The van der Waals surface area contributed by atoms with Crippen LogP contribution in [0.5, 0.6) is 5.75 Å². The van der Waals surface area contributed by atoms with E-state index in [1.165, 1.54) is 12.1 Å². The molecule has 1 amide bonds. The minimum absolute atomic E-state index is 0.142. The van der Waals surface area contributed by atoms with E-state index in [0.29, 0.717) is 42.0 Å². The average Bonchev–Trinajstić information content (AvgIpc) is 3.56. The van der Waals surface area contributed by atoms with Crippen molar-refractivity contribution in [2.45, 2.75) is 50.7 Å². The highest BCUT2D eigenvalue weighted by Gasteiger charge is 2.33. The molecule has 2 aromatic carbocycles. The number of nitrogens with one attached hydrogen (secondary N) is 1. The normalized spacial score (nSPS) is 21.1. The molecule has 5 rings (SSSR count). The molecule has 2 aromatic rings. The summed E-state index contributed by atoms with van der Waals surface area (Å²) in [4.78, 5) is 14.9. The van der Waals surface area contributed by atoms with Crippen LogP contribution in [0.3, 0.4) is 0 Å². The van der Waals surface area contributed by atoms with Gasteiger partial charge in [0, 0.05) is 42.3 Å². The molecule has 1 saturated carbocycles. The molecule has 194 valence electrons. The summed E-state index contributed by atoms with van der Waals surface area (Å²) in [6, 6.07) is 8.17. The second-order valence-electron chi connectivity index (χ2n) is 9.73. The molecule has 1 N–H and O–H groups in total. The summed E-state index contributed by atoms with van der Waals surface area (Å²) in [5.41, 5.74) is 1.49. The SMILES string of the molecule is O=C(NS(=O)(=O)N1CCC1)c1cc(C2CC2)c(OC2CCCN(Cc3cc(Cl)cc(Cl)c3)C2)cc1F. The van der Waals surface area contributed by atoms with E-state index in [0.717, 1.165) is 54.1 Å². The Hall–Kier alpha value is -1.91. The van der Waals surface area contributed by atoms with Crippen molar-refractivity contribution >= 4 is 39.3 Å². The zero-order valence-electron chi connectivity index (χ0n) is 19.7. The van der Waals surface area contributed by atoms with Crippen LogP contribution in [0, 0.1) is 5.82 Å². The Morgan fingerprint density at radius 2 is 1.75 bits per heavy atom. The van der Waals surface area contributed by atoms with Gasteiger partial charge in [-0.2, -0.15) is 12.7 Å². The summed E-state index contributed by atoms with van der Waals surface area (Å²) in [6.45, 7) is 2.95. The molecule has 0 radical (unpaired) electrons. The van der Waals surface area contributed by atoms with Gasteiger partial charge in [-0.25, -0.2) is 9.11 Å². The molecule has 7 nitrogen and oxygen atoms in total. The number of benzene rings is 2. The van der Waals surface area contributed by atoms with Crippen molar-refractivity contribution in [3.8, 4) is 5.75 Å². The maximum atomic E-state index is 15.0. The third-order valence-corrected chi connectivity index (χ3v) is 8.75. The predicted molar refractivity (Wildman–Crippen MR) is 136 cm³/mol. The van der Waals surface area contributed by atoms with Crippen LogP contribution >= 0.6 is 23.2 Å². The number of amides is 1. The van der Waals surface area contributed by atoms with E-state index in [2.05, 4.69) is 4.90 Å². The summed E-state index contributed by atoms with van der Waals surface area (Å²) in [6.07, 6.45) is 4.19. The number of hydrogen-bond acceptors (Lipinski definition) is 5. The number of hydrogen-bond donors (Lipinski definition) is 1. The van der Waals surface area contributed by atoms with Gasteiger partial charge in [-0.3, -0.25) is 9.69 Å². The van der Waals surface area contributed by atoms with E-state index in [1.807, 2.05) is 16.9 Å². The lowest BCUT2D eigenvalue weighted by atomic mass is 10.0. The second-order valence-corrected chi connectivity index (χ2v) is 12.3. The molecule has 11 heteroatoms. The number of piperidine rings is 1. The van der Waals surface area contributed by atoms with E-state index < -0.39 is 21.9 Å². The molecule has 1 unspecified atom stereocenters. The van der Waals surface area contributed by atoms with Crippen LogP contribution in [0.2, 0.25) is 10.0 Å². The Bertz CT molecular complexity index is 1250.